The molecule has 25 heavy (non-hydrogen) atoms. The lowest BCUT2D eigenvalue weighted by molar-refractivity contribution is 0.0518. The van der Waals surface area contributed by atoms with Crippen molar-refractivity contribution in [3.63, 3.8) is 0 Å². The van der Waals surface area contributed by atoms with Gasteiger partial charge in [0.05, 0.1) is 26.4 Å². The third kappa shape index (κ3) is 4.77. The standard InChI is InChI=1S/C21H26N2O2/c22-9-11-24-13-14-25-12-10-23-16-21-19-7-3-1-5-17(19)15-18-6-2-4-8-20(18)21/h1-8,15,23H,9-14,16,22H2. The first-order valence-corrected chi connectivity index (χ1v) is 8.86. The van der Waals surface area contributed by atoms with Gasteiger partial charge in [-0.3, -0.25) is 0 Å². The highest BCUT2D eigenvalue weighted by atomic mass is 16.5. The molecule has 4 heteroatoms. The van der Waals surface area contributed by atoms with E-state index in [-0.39, 0.29) is 0 Å². The van der Waals surface area contributed by atoms with Crippen LogP contribution in [0, 0.1) is 0 Å². The molecule has 0 fully saturated rings. The van der Waals surface area contributed by atoms with Crippen LogP contribution in [0.4, 0.5) is 0 Å². The van der Waals surface area contributed by atoms with Gasteiger partial charge in [0.1, 0.15) is 0 Å². The van der Waals surface area contributed by atoms with Crippen molar-refractivity contribution in [3.05, 3.63) is 60.2 Å². The minimum atomic E-state index is 0.556. The second kappa shape index (κ2) is 9.49. The van der Waals surface area contributed by atoms with Gasteiger partial charge in [-0.2, -0.15) is 0 Å². The Labute approximate surface area is 148 Å². The van der Waals surface area contributed by atoms with E-state index in [9.17, 15) is 0 Å². The van der Waals surface area contributed by atoms with Crippen LogP contribution >= 0.6 is 0 Å². The lowest BCUT2D eigenvalue weighted by Crippen LogP contribution is -2.21. The fraction of sp³-hybridized carbons (Fsp3) is 0.333. The Morgan fingerprint density at radius 1 is 0.760 bits per heavy atom. The third-order valence-corrected chi connectivity index (χ3v) is 4.24. The molecule has 0 saturated heterocycles. The first kappa shape index (κ1) is 17.8. The highest BCUT2D eigenvalue weighted by Gasteiger charge is 2.06. The van der Waals surface area contributed by atoms with Crippen molar-refractivity contribution in [3.8, 4) is 0 Å². The fourth-order valence-electron chi connectivity index (χ4n) is 3.06. The average Bonchev–Trinajstić information content (AvgIpc) is 2.66. The Morgan fingerprint density at radius 2 is 1.36 bits per heavy atom. The molecule has 0 spiro atoms. The Bertz CT molecular complexity index is 750. The van der Waals surface area contributed by atoms with Crippen molar-refractivity contribution in [2.45, 2.75) is 6.54 Å². The van der Waals surface area contributed by atoms with Crippen molar-refractivity contribution in [2.24, 2.45) is 5.73 Å². The number of hydrogen-bond donors (Lipinski definition) is 2. The van der Waals surface area contributed by atoms with E-state index in [4.69, 9.17) is 15.2 Å². The lowest BCUT2D eigenvalue weighted by atomic mass is 9.97. The summed E-state index contributed by atoms with van der Waals surface area (Å²) in [5, 5.41) is 8.69. The zero-order chi connectivity index (χ0) is 17.3. The molecule has 3 aromatic rings. The van der Waals surface area contributed by atoms with Gasteiger partial charge in [0.2, 0.25) is 0 Å². The summed E-state index contributed by atoms with van der Waals surface area (Å²) in [6.45, 7) is 4.68. The normalized spacial score (nSPS) is 11.4. The molecule has 0 amide bonds. The molecule has 0 aliphatic heterocycles. The van der Waals surface area contributed by atoms with Gasteiger partial charge in [0.25, 0.3) is 0 Å². The summed E-state index contributed by atoms with van der Waals surface area (Å²) in [5.74, 6) is 0. The minimum absolute atomic E-state index is 0.556. The Hall–Kier alpha value is -1.98. The first-order chi connectivity index (χ1) is 12.4. The second-order valence-corrected chi connectivity index (χ2v) is 5.99. The van der Waals surface area contributed by atoms with E-state index in [1.807, 2.05) is 0 Å². The van der Waals surface area contributed by atoms with Gasteiger partial charge in [0, 0.05) is 19.6 Å². The summed E-state index contributed by atoms with van der Waals surface area (Å²) < 4.78 is 10.8. The quantitative estimate of drug-likeness (QED) is 0.441. The predicted octanol–water partition coefficient (Wildman–Crippen LogP) is 3.07. The van der Waals surface area contributed by atoms with E-state index in [1.165, 1.54) is 27.1 Å². The number of ether oxygens (including phenoxy) is 2. The zero-order valence-electron chi connectivity index (χ0n) is 14.5. The van der Waals surface area contributed by atoms with Gasteiger partial charge in [-0.15, -0.1) is 0 Å². The van der Waals surface area contributed by atoms with Crippen LogP contribution in [0.1, 0.15) is 5.56 Å². The number of hydrogen-bond acceptors (Lipinski definition) is 4. The molecule has 132 valence electrons. The maximum absolute atomic E-state index is 5.56. The SMILES string of the molecule is NCCOCCOCCNCc1c2ccccc2cc2ccccc12. The van der Waals surface area contributed by atoms with Crippen LogP contribution in [-0.4, -0.2) is 39.5 Å². The van der Waals surface area contributed by atoms with E-state index in [0.717, 1.165) is 13.1 Å². The zero-order valence-corrected chi connectivity index (χ0v) is 14.5. The number of nitrogens with two attached hydrogens (primary N) is 1. The summed E-state index contributed by atoms with van der Waals surface area (Å²) in [6, 6.07) is 19.4. The minimum Gasteiger partial charge on any atom is -0.378 e. The maximum atomic E-state index is 5.56. The number of benzene rings is 3. The molecule has 3 rings (SSSR count). The van der Waals surface area contributed by atoms with Crippen molar-refractivity contribution in [2.75, 3.05) is 39.5 Å². The van der Waals surface area contributed by atoms with Crippen LogP contribution in [-0.2, 0) is 16.0 Å². The fourth-order valence-corrected chi connectivity index (χ4v) is 3.06. The molecule has 0 aromatic heterocycles. The monoisotopic (exact) mass is 338 g/mol. The Kier molecular flexibility index (Phi) is 6.77. The summed E-state index contributed by atoms with van der Waals surface area (Å²) in [5.41, 5.74) is 6.71. The molecule has 3 N–H and O–H groups in total. The van der Waals surface area contributed by atoms with Crippen molar-refractivity contribution >= 4 is 21.5 Å². The number of fused-ring (bicyclic) bond motifs is 2. The molecule has 0 bridgehead atoms. The van der Waals surface area contributed by atoms with Gasteiger partial charge in [-0.1, -0.05) is 48.5 Å². The van der Waals surface area contributed by atoms with Crippen LogP contribution < -0.4 is 11.1 Å². The molecule has 0 aliphatic carbocycles. The van der Waals surface area contributed by atoms with Gasteiger partial charge < -0.3 is 20.5 Å². The van der Waals surface area contributed by atoms with E-state index in [1.54, 1.807) is 0 Å². The second-order valence-electron chi connectivity index (χ2n) is 5.99. The molecular weight excluding hydrogens is 312 g/mol. The molecule has 4 nitrogen and oxygen atoms in total. The van der Waals surface area contributed by atoms with Crippen molar-refractivity contribution in [1.82, 2.24) is 5.32 Å². The molecule has 0 aliphatic rings. The molecular formula is C21H26N2O2. The summed E-state index contributed by atoms with van der Waals surface area (Å²) in [7, 11) is 0. The van der Waals surface area contributed by atoms with Crippen LogP contribution in [0.25, 0.3) is 21.5 Å². The van der Waals surface area contributed by atoms with Crippen molar-refractivity contribution in [1.29, 1.82) is 0 Å². The first-order valence-electron chi connectivity index (χ1n) is 8.86. The average molecular weight is 338 g/mol. The van der Waals surface area contributed by atoms with Crippen LogP contribution in [0.2, 0.25) is 0 Å². The van der Waals surface area contributed by atoms with Crippen LogP contribution in [0.3, 0.4) is 0 Å². The number of nitrogens with one attached hydrogen (secondary N) is 1. The Balaban J connectivity index is 1.59. The maximum Gasteiger partial charge on any atom is 0.0701 e. The molecule has 0 unspecified atom stereocenters. The molecule has 0 saturated carbocycles. The topological polar surface area (TPSA) is 56.5 Å². The van der Waals surface area contributed by atoms with Gasteiger partial charge in [-0.25, -0.2) is 0 Å². The predicted molar refractivity (Wildman–Crippen MR) is 104 cm³/mol. The van der Waals surface area contributed by atoms with E-state index >= 15 is 0 Å². The van der Waals surface area contributed by atoms with Gasteiger partial charge in [0.15, 0.2) is 0 Å². The van der Waals surface area contributed by atoms with Crippen molar-refractivity contribution < 1.29 is 9.47 Å². The van der Waals surface area contributed by atoms with E-state index in [2.05, 4.69) is 59.9 Å². The van der Waals surface area contributed by atoms with E-state index < -0.39 is 0 Å². The lowest BCUT2D eigenvalue weighted by Gasteiger charge is -2.13. The van der Waals surface area contributed by atoms with Gasteiger partial charge >= 0.3 is 0 Å². The summed E-state index contributed by atoms with van der Waals surface area (Å²) in [6.07, 6.45) is 0. The highest BCUT2D eigenvalue weighted by molar-refractivity contribution is 6.02. The summed E-state index contributed by atoms with van der Waals surface area (Å²) >= 11 is 0. The van der Waals surface area contributed by atoms with E-state index in [0.29, 0.717) is 33.0 Å². The summed E-state index contributed by atoms with van der Waals surface area (Å²) in [4.78, 5) is 0. The smallest absolute Gasteiger partial charge is 0.0701 e. The molecule has 0 heterocycles. The van der Waals surface area contributed by atoms with Crippen LogP contribution in [0.15, 0.2) is 54.6 Å². The van der Waals surface area contributed by atoms with Crippen LogP contribution in [0.5, 0.6) is 0 Å². The number of rotatable bonds is 10. The molecule has 0 radical (unpaired) electrons. The largest absolute Gasteiger partial charge is 0.378 e. The third-order valence-electron chi connectivity index (χ3n) is 4.24. The van der Waals surface area contributed by atoms with Gasteiger partial charge in [-0.05, 0) is 33.2 Å². The highest BCUT2D eigenvalue weighted by Crippen LogP contribution is 2.28. The molecule has 3 aromatic carbocycles. The Morgan fingerprint density at radius 3 is 2.00 bits per heavy atom. The molecule has 0 atom stereocenters.